The molecule has 6 heteroatoms. The van der Waals surface area contributed by atoms with Crippen LogP contribution in [0.2, 0.25) is 5.02 Å². The molecule has 1 heterocycles. The first-order valence-corrected chi connectivity index (χ1v) is 6.77. The number of nitrogens with zero attached hydrogens (tertiary/aromatic N) is 2. The molecule has 2 rings (SSSR count). The van der Waals surface area contributed by atoms with Crippen LogP contribution in [0, 0.1) is 11.3 Å². The molecule has 0 radical (unpaired) electrons. The average molecular weight is 294 g/mol. The summed E-state index contributed by atoms with van der Waals surface area (Å²) < 4.78 is 0. The third-order valence-corrected chi connectivity index (χ3v) is 3.79. The van der Waals surface area contributed by atoms with Crippen molar-refractivity contribution in [3.05, 3.63) is 28.8 Å². The minimum Gasteiger partial charge on any atom is -0.388 e. The van der Waals surface area contributed by atoms with Gasteiger partial charge in [0.2, 0.25) is 5.91 Å². The number of nitrogens with two attached hydrogens (primary N) is 1. The monoisotopic (exact) mass is 293 g/mol. The fourth-order valence-corrected chi connectivity index (χ4v) is 2.99. The van der Waals surface area contributed by atoms with Crippen molar-refractivity contribution < 1.29 is 9.90 Å². The Morgan fingerprint density at radius 3 is 3.00 bits per heavy atom. The van der Waals surface area contributed by atoms with E-state index in [9.17, 15) is 15.2 Å². The number of amides is 1. The van der Waals surface area contributed by atoms with Crippen LogP contribution in [0.5, 0.6) is 0 Å². The van der Waals surface area contributed by atoms with Gasteiger partial charge in [0.05, 0.1) is 28.3 Å². The minimum atomic E-state index is -1.16. The molecule has 1 unspecified atom stereocenters. The van der Waals surface area contributed by atoms with Crippen molar-refractivity contribution in [1.29, 1.82) is 5.26 Å². The number of hydrogen-bond donors (Lipinski definition) is 2. The maximum Gasteiger partial charge on any atom is 0.220 e. The number of piperidine rings is 1. The topological polar surface area (TPSA) is 90.3 Å². The van der Waals surface area contributed by atoms with Crippen LogP contribution in [0.1, 0.15) is 24.8 Å². The number of nitriles is 1. The van der Waals surface area contributed by atoms with Crippen molar-refractivity contribution in [2.45, 2.75) is 24.9 Å². The van der Waals surface area contributed by atoms with Gasteiger partial charge in [-0.25, -0.2) is 0 Å². The predicted molar refractivity (Wildman–Crippen MR) is 76.4 cm³/mol. The highest BCUT2D eigenvalue weighted by Crippen LogP contribution is 2.34. The Kier molecular flexibility index (Phi) is 4.17. The first kappa shape index (κ1) is 14.6. The quantitative estimate of drug-likeness (QED) is 0.882. The molecule has 106 valence electrons. The molecule has 1 aromatic carbocycles. The SMILES string of the molecule is N#Cc1cccc(Cl)c1N1CCCC(O)(CC(N)=O)C1. The number of carbonyl (C=O) groups excluding carboxylic acids is 1. The van der Waals surface area contributed by atoms with Gasteiger partial charge in [-0.15, -0.1) is 0 Å². The summed E-state index contributed by atoms with van der Waals surface area (Å²) in [5, 5.41) is 20.1. The van der Waals surface area contributed by atoms with E-state index in [4.69, 9.17) is 17.3 Å². The molecule has 0 bridgehead atoms. The van der Waals surface area contributed by atoms with Crippen molar-refractivity contribution in [3.8, 4) is 6.07 Å². The van der Waals surface area contributed by atoms with Gasteiger partial charge in [-0.1, -0.05) is 17.7 Å². The third kappa shape index (κ3) is 3.03. The molecule has 1 aliphatic rings. The fourth-order valence-electron chi connectivity index (χ4n) is 2.70. The van der Waals surface area contributed by atoms with Crippen molar-refractivity contribution in [3.63, 3.8) is 0 Å². The average Bonchev–Trinajstić information content (AvgIpc) is 2.36. The first-order chi connectivity index (χ1) is 9.45. The summed E-state index contributed by atoms with van der Waals surface area (Å²) in [6.45, 7) is 0.924. The molecular formula is C14H16ClN3O2. The normalized spacial score (nSPS) is 22.4. The van der Waals surface area contributed by atoms with Gasteiger partial charge in [-0.05, 0) is 25.0 Å². The zero-order valence-corrected chi connectivity index (χ0v) is 11.7. The Labute approximate surface area is 122 Å². The van der Waals surface area contributed by atoms with Crippen molar-refractivity contribution in [2.75, 3.05) is 18.0 Å². The number of aliphatic hydroxyl groups is 1. The number of hydrogen-bond acceptors (Lipinski definition) is 4. The van der Waals surface area contributed by atoms with Crippen LogP contribution in [0.4, 0.5) is 5.69 Å². The minimum absolute atomic E-state index is 0.0875. The van der Waals surface area contributed by atoms with Crippen LogP contribution < -0.4 is 10.6 Å². The van der Waals surface area contributed by atoms with Gasteiger partial charge in [0.1, 0.15) is 6.07 Å². The van der Waals surface area contributed by atoms with E-state index in [0.717, 1.165) is 0 Å². The lowest BCUT2D eigenvalue weighted by atomic mass is 9.89. The Bertz CT molecular complexity index is 570. The van der Waals surface area contributed by atoms with E-state index >= 15 is 0 Å². The lowest BCUT2D eigenvalue weighted by Gasteiger charge is -2.40. The molecule has 0 saturated carbocycles. The second kappa shape index (κ2) is 5.70. The summed E-state index contributed by atoms with van der Waals surface area (Å²) in [4.78, 5) is 12.9. The largest absolute Gasteiger partial charge is 0.388 e. The summed E-state index contributed by atoms with van der Waals surface area (Å²) in [7, 11) is 0. The number of rotatable bonds is 3. The molecule has 1 atom stereocenters. The summed E-state index contributed by atoms with van der Waals surface area (Å²) in [5.41, 5.74) is 5.10. The Hall–Kier alpha value is -1.77. The summed E-state index contributed by atoms with van der Waals surface area (Å²) >= 11 is 6.17. The standard InChI is InChI=1S/C14H16ClN3O2/c15-11-4-1-3-10(8-16)13(11)18-6-2-5-14(20,9-18)7-12(17)19/h1,3-4,20H,2,5-7,9H2,(H2,17,19). The second-order valence-corrected chi connectivity index (χ2v) is 5.55. The molecule has 1 aromatic rings. The van der Waals surface area contributed by atoms with E-state index in [1.807, 2.05) is 4.90 Å². The van der Waals surface area contributed by atoms with E-state index in [2.05, 4.69) is 6.07 Å². The molecule has 5 nitrogen and oxygen atoms in total. The highest BCUT2D eigenvalue weighted by Gasteiger charge is 2.36. The number of anilines is 1. The molecule has 3 N–H and O–H groups in total. The maximum absolute atomic E-state index is 11.1. The first-order valence-electron chi connectivity index (χ1n) is 6.39. The molecule has 1 aliphatic heterocycles. The van der Waals surface area contributed by atoms with E-state index in [1.165, 1.54) is 0 Å². The second-order valence-electron chi connectivity index (χ2n) is 5.14. The molecule has 20 heavy (non-hydrogen) atoms. The van der Waals surface area contributed by atoms with Crippen LogP contribution in [0.3, 0.4) is 0 Å². The molecule has 0 aliphatic carbocycles. The zero-order chi connectivity index (χ0) is 14.8. The highest BCUT2D eigenvalue weighted by atomic mass is 35.5. The lowest BCUT2D eigenvalue weighted by Crippen LogP contribution is -2.50. The molecule has 0 aromatic heterocycles. The van der Waals surface area contributed by atoms with Gasteiger partial charge in [0.25, 0.3) is 0 Å². The highest BCUT2D eigenvalue weighted by molar-refractivity contribution is 6.33. The summed E-state index contributed by atoms with van der Waals surface area (Å²) in [6, 6.07) is 7.21. The molecule has 1 saturated heterocycles. The van der Waals surface area contributed by atoms with E-state index in [0.29, 0.717) is 35.7 Å². The van der Waals surface area contributed by atoms with Crippen molar-refractivity contribution >= 4 is 23.2 Å². The van der Waals surface area contributed by atoms with Gasteiger partial charge in [-0.2, -0.15) is 5.26 Å². The molecule has 1 amide bonds. The molecule has 0 spiro atoms. The predicted octanol–water partition coefficient (Wildman–Crippen LogP) is 1.42. The molecular weight excluding hydrogens is 278 g/mol. The summed E-state index contributed by atoms with van der Waals surface area (Å²) in [5.74, 6) is -0.533. The summed E-state index contributed by atoms with van der Waals surface area (Å²) in [6.07, 6.45) is 1.13. The van der Waals surface area contributed by atoms with Crippen LogP contribution in [0.15, 0.2) is 18.2 Å². The fraction of sp³-hybridized carbons (Fsp3) is 0.429. The van der Waals surface area contributed by atoms with E-state index < -0.39 is 11.5 Å². The van der Waals surface area contributed by atoms with Crippen molar-refractivity contribution in [1.82, 2.24) is 0 Å². The molecule has 1 fully saturated rings. The zero-order valence-electron chi connectivity index (χ0n) is 11.0. The number of halogens is 1. The van der Waals surface area contributed by atoms with Crippen LogP contribution in [-0.2, 0) is 4.79 Å². The van der Waals surface area contributed by atoms with E-state index in [1.54, 1.807) is 18.2 Å². The van der Waals surface area contributed by atoms with Crippen LogP contribution in [0.25, 0.3) is 0 Å². The van der Waals surface area contributed by atoms with Crippen molar-refractivity contribution in [2.24, 2.45) is 5.73 Å². The maximum atomic E-state index is 11.1. The van der Waals surface area contributed by atoms with Crippen LogP contribution >= 0.6 is 11.6 Å². The van der Waals surface area contributed by atoms with E-state index in [-0.39, 0.29) is 13.0 Å². The van der Waals surface area contributed by atoms with Gasteiger partial charge in [0.15, 0.2) is 0 Å². The number of carbonyl (C=O) groups is 1. The van der Waals surface area contributed by atoms with Crippen LogP contribution in [-0.4, -0.2) is 29.7 Å². The number of primary amides is 1. The lowest BCUT2D eigenvalue weighted by molar-refractivity contribution is -0.123. The van der Waals surface area contributed by atoms with Gasteiger partial charge in [0, 0.05) is 13.1 Å². The third-order valence-electron chi connectivity index (χ3n) is 3.48. The van der Waals surface area contributed by atoms with Gasteiger partial charge >= 0.3 is 0 Å². The number of benzene rings is 1. The smallest absolute Gasteiger partial charge is 0.220 e. The van der Waals surface area contributed by atoms with Gasteiger partial charge in [-0.3, -0.25) is 4.79 Å². The number of para-hydroxylation sites is 1. The Morgan fingerprint density at radius 1 is 1.60 bits per heavy atom. The Morgan fingerprint density at radius 2 is 2.35 bits per heavy atom. The Balaban J connectivity index is 2.30. The van der Waals surface area contributed by atoms with Gasteiger partial charge < -0.3 is 15.7 Å². The number of β-amino-alcohol motifs (C(OH)–C–C–N with tert-alkyl or cyclic N) is 1.